The molecule has 1 aliphatic rings. The summed E-state index contributed by atoms with van der Waals surface area (Å²) in [6.45, 7) is 2.15. The Labute approximate surface area is 72.6 Å². The molecule has 0 spiro atoms. The Hall–Kier alpha value is -0.860. The molecule has 0 aliphatic heterocycles. The number of aromatic nitrogens is 3. The number of nitrogens with one attached hydrogen (secondary N) is 1. The maximum Gasteiger partial charge on any atom is 0.150 e. The van der Waals surface area contributed by atoms with Crippen molar-refractivity contribution in [2.24, 2.45) is 5.92 Å². The molecule has 0 atom stereocenters. The first-order valence-corrected chi connectivity index (χ1v) is 4.78. The van der Waals surface area contributed by atoms with Crippen LogP contribution in [0.4, 0.5) is 0 Å². The van der Waals surface area contributed by atoms with E-state index in [-0.39, 0.29) is 0 Å². The SMILES string of the molecule is CCCc1n[nH]c(CC2CC2)n1. The molecule has 3 heteroatoms. The van der Waals surface area contributed by atoms with Crippen LogP contribution in [0.1, 0.15) is 37.8 Å². The van der Waals surface area contributed by atoms with Crippen LogP contribution in [0.25, 0.3) is 0 Å². The molecule has 1 saturated carbocycles. The minimum absolute atomic E-state index is 0.896. The largest absolute Gasteiger partial charge is 0.263 e. The van der Waals surface area contributed by atoms with Gasteiger partial charge in [-0.05, 0) is 25.2 Å². The van der Waals surface area contributed by atoms with Gasteiger partial charge in [-0.15, -0.1) is 0 Å². The number of rotatable bonds is 4. The van der Waals surface area contributed by atoms with Crippen molar-refractivity contribution in [2.45, 2.75) is 39.0 Å². The number of nitrogens with zero attached hydrogens (tertiary/aromatic N) is 2. The second-order valence-electron chi connectivity index (χ2n) is 3.60. The Morgan fingerprint density at radius 2 is 2.33 bits per heavy atom. The molecule has 2 rings (SSSR count). The van der Waals surface area contributed by atoms with Gasteiger partial charge < -0.3 is 0 Å². The Kier molecular flexibility index (Phi) is 2.11. The lowest BCUT2D eigenvalue weighted by Crippen LogP contribution is -1.90. The van der Waals surface area contributed by atoms with Gasteiger partial charge in [0.15, 0.2) is 5.82 Å². The molecule has 0 saturated heterocycles. The summed E-state index contributed by atoms with van der Waals surface area (Å²) in [7, 11) is 0. The molecule has 0 unspecified atom stereocenters. The molecule has 3 nitrogen and oxygen atoms in total. The van der Waals surface area contributed by atoms with Gasteiger partial charge in [0.25, 0.3) is 0 Å². The lowest BCUT2D eigenvalue weighted by molar-refractivity contribution is 0.773. The van der Waals surface area contributed by atoms with Gasteiger partial charge in [-0.2, -0.15) is 5.10 Å². The van der Waals surface area contributed by atoms with Crippen molar-refractivity contribution in [2.75, 3.05) is 0 Å². The number of aryl methyl sites for hydroxylation is 1. The third-order valence-electron chi connectivity index (χ3n) is 2.23. The molecule has 1 heterocycles. The van der Waals surface area contributed by atoms with E-state index < -0.39 is 0 Å². The average Bonchev–Trinajstić information content (AvgIpc) is 2.74. The summed E-state index contributed by atoms with van der Waals surface area (Å²) in [5, 5.41) is 7.15. The van der Waals surface area contributed by atoms with Gasteiger partial charge in [0, 0.05) is 12.8 Å². The molecular weight excluding hydrogens is 150 g/mol. The van der Waals surface area contributed by atoms with Gasteiger partial charge in [-0.1, -0.05) is 6.92 Å². The summed E-state index contributed by atoms with van der Waals surface area (Å²) in [5.41, 5.74) is 0. The zero-order valence-electron chi connectivity index (χ0n) is 7.51. The van der Waals surface area contributed by atoms with E-state index in [0.717, 1.165) is 36.8 Å². The fraction of sp³-hybridized carbons (Fsp3) is 0.778. The predicted octanol–water partition coefficient (Wildman–Crippen LogP) is 1.71. The molecule has 1 aromatic heterocycles. The van der Waals surface area contributed by atoms with Crippen LogP contribution in [0.5, 0.6) is 0 Å². The summed E-state index contributed by atoms with van der Waals surface area (Å²) < 4.78 is 0. The molecule has 0 radical (unpaired) electrons. The zero-order valence-corrected chi connectivity index (χ0v) is 7.51. The van der Waals surface area contributed by atoms with E-state index in [9.17, 15) is 0 Å². The molecule has 1 aliphatic carbocycles. The second-order valence-corrected chi connectivity index (χ2v) is 3.60. The van der Waals surface area contributed by atoms with Gasteiger partial charge in [0.05, 0.1) is 0 Å². The van der Waals surface area contributed by atoms with Crippen molar-refractivity contribution in [3.63, 3.8) is 0 Å². The highest BCUT2D eigenvalue weighted by Crippen LogP contribution is 2.31. The monoisotopic (exact) mass is 165 g/mol. The summed E-state index contributed by atoms with van der Waals surface area (Å²) in [5.74, 6) is 2.96. The van der Waals surface area contributed by atoms with Crippen LogP contribution in [0.2, 0.25) is 0 Å². The van der Waals surface area contributed by atoms with E-state index in [1.807, 2.05) is 0 Å². The molecular formula is C9H15N3. The first kappa shape index (κ1) is 7.77. The molecule has 66 valence electrons. The minimum Gasteiger partial charge on any atom is -0.263 e. The van der Waals surface area contributed by atoms with Gasteiger partial charge in [0.2, 0.25) is 0 Å². The molecule has 12 heavy (non-hydrogen) atoms. The smallest absolute Gasteiger partial charge is 0.150 e. The van der Waals surface area contributed by atoms with Crippen LogP contribution in [0.15, 0.2) is 0 Å². The van der Waals surface area contributed by atoms with E-state index in [1.165, 1.54) is 12.8 Å². The highest BCUT2D eigenvalue weighted by atomic mass is 15.2. The standard InChI is InChI=1S/C9H15N3/c1-2-3-8-10-9(12-11-8)6-7-4-5-7/h7H,2-6H2,1H3,(H,10,11,12). The van der Waals surface area contributed by atoms with Crippen molar-refractivity contribution >= 4 is 0 Å². The van der Waals surface area contributed by atoms with Crippen molar-refractivity contribution in [3.05, 3.63) is 11.6 Å². The topological polar surface area (TPSA) is 41.6 Å². The van der Waals surface area contributed by atoms with Crippen LogP contribution >= 0.6 is 0 Å². The summed E-state index contributed by atoms with van der Waals surface area (Å²) >= 11 is 0. The molecule has 1 fully saturated rings. The maximum absolute atomic E-state index is 4.41. The van der Waals surface area contributed by atoms with Crippen LogP contribution in [-0.4, -0.2) is 15.2 Å². The molecule has 1 N–H and O–H groups in total. The lowest BCUT2D eigenvalue weighted by atomic mass is 10.3. The van der Waals surface area contributed by atoms with Gasteiger partial charge >= 0.3 is 0 Å². The normalized spacial score (nSPS) is 16.8. The quantitative estimate of drug-likeness (QED) is 0.738. The lowest BCUT2D eigenvalue weighted by Gasteiger charge is -1.88. The van der Waals surface area contributed by atoms with E-state index >= 15 is 0 Å². The Bertz CT molecular complexity index is 250. The average molecular weight is 165 g/mol. The van der Waals surface area contributed by atoms with Crippen molar-refractivity contribution in [3.8, 4) is 0 Å². The summed E-state index contributed by atoms with van der Waals surface area (Å²) in [4.78, 5) is 4.41. The molecule has 1 aromatic rings. The third kappa shape index (κ3) is 1.84. The van der Waals surface area contributed by atoms with Gasteiger partial charge in [0.1, 0.15) is 5.82 Å². The van der Waals surface area contributed by atoms with E-state index in [0.29, 0.717) is 0 Å². The Morgan fingerprint density at radius 3 is 3.00 bits per heavy atom. The molecule has 0 aromatic carbocycles. The first-order valence-electron chi connectivity index (χ1n) is 4.78. The van der Waals surface area contributed by atoms with Crippen molar-refractivity contribution < 1.29 is 0 Å². The number of aromatic amines is 1. The fourth-order valence-electron chi connectivity index (χ4n) is 1.36. The van der Waals surface area contributed by atoms with E-state index in [1.54, 1.807) is 0 Å². The van der Waals surface area contributed by atoms with Crippen LogP contribution in [0.3, 0.4) is 0 Å². The van der Waals surface area contributed by atoms with Crippen LogP contribution in [0, 0.1) is 5.92 Å². The van der Waals surface area contributed by atoms with Crippen LogP contribution < -0.4 is 0 Å². The molecule has 0 amide bonds. The number of hydrogen-bond acceptors (Lipinski definition) is 2. The number of H-pyrrole nitrogens is 1. The highest BCUT2D eigenvalue weighted by molar-refractivity contribution is 4.94. The predicted molar refractivity (Wildman–Crippen MR) is 46.8 cm³/mol. The van der Waals surface area contributed by atoms with Crippen LogP contribution in [-0.2, 0) is 12.8 Å². The van der Waals surface area contributed by atoms with Crippen molar-refractivity contribution in [1.82, 2.24) is 15.2 Å². The minimum atomic E-state index is 0.896. The fourth-order valence-corrected chi connectivity index (χ4v) is 1.36. The maximum atomic E-state index is 4.41. The Morgan fingerprint density at radius 1 is 1.50 bits per heavy atom. The summed E-state index contributed by atoms with van der Waals surface area (Å²) in [6.07, 6.45) is 5.99. The first-order chi connectivity index (χ1) is 5.88. The molecule has 0 bridgehead atoms. The third-order valence-corrected chi connectivity index (χ3v) is 2.23. The number of hydrogen-bond donors (Lipinski definition) is 1. The summed E-state index contributed by atoms with van der Waals surface area (Å²) in [6, 6.07) is 0. The second kappa shape index (κ2) is 3.25. The highest BCUT2D eigenvalue weighted by Gasteiger charge is 2.22. The van der Waals surface area contributed by atoms with Gasteiger partial charge in [-0.25, -0.2) is 4.98 Å². The van der Waals surface area contributed by atoms with Crippen molar-refractivity contribution in [1.29, 1.82) is 0 Å². The van der Waals surface area contributed by atoms with E-state index in [2.05, 4.69) is 22.1 Å². The zero-order chi connectivity index (χ0) is 8.39. The Balaban J connectivity index is 1.92. The van der Waals surface area contributed by atoms with Gasteiger partial charge in [-0.3, -0.25) is 5.10 Å². The van der Waals surface area contributed by atoms with E-state index in [4.69, 9.17) is 0 Å².